The van der Waals surface area contributed by atoms with E-state index in [1.807, 2.05) is 0 Å². The molecule has 246 valence electrons. The van der Waals surface area contributed by atoms with Gasteiger partial charge in [0, 0.05) is 12.8 Å². The highest BCUT2D eigenvalue weighted by Gasteiger charge is 2.03. The molecule has 0 radical (unpaired) electrons. The van der Waals surface area contributed by atoms with Gasteiger partial charge in [-0.3, -0.25) is 9.59 Å². The molecule has 0 saturated carbocycles. The highest BCUT2D eigenvalue weighted by Crippen LogP contribution is 2.13. The van der Waals surface area contributed by atoms with E-state index in [4.69, 9.17) is 4.74 Å². The van der Waals surface area contributed by atoms with Gasteiger partial charge in [0.2, 0.25) is 0 Å². The molecule has 0 aliphatic rings. The van der Waals surface area contributed by atoms with Gasteiger partial charge in [0.15, 0.2) is 0 Å². The number of rotatable bonds is 31. The minimum Gasteiger partial charge on any atom is -0.469 e. The summed E-state index contributed by atoms with van der Waals surface area (Å²) in [4.78, 5) is 22.5. The van der Waals surface area contributed by atoms with E-state index in [2.05, 4.69) is 25.5 Å². The van der Waals surface area contributed by atoms with Crippen LogP contribution in [0.2, 0.25) is 0 Å². The van der Waals surface area contributed by atoms with Crippen molar-refractivity contribution < 1.29 is 19.1 Å². The van der Waals surface area contributed by atoms with Crippen molar-refractivity contribution >= 4 is 11.9 Å². The lowest BCUT2D eigenvalue weighted by molar-refractivity contribution is -0.144. The van der Waals surface area contributed by atoms with Crippen LogP contribution in [-0.2, 0) is 19.1 Å². The number of carbonyl (C=O) groups excluding carboxylic acids is 2. The summed E-state index contributed by atoms with van der Waals surface area (Å²) < 4.78 is 9.93. The van der Waals surface area contributed by atoms with Crippen LogP contribution in [0.15, 0.2) is 0 Å². The lowest BCUT2D eigenvalue weighted by Crippen LogP contribution is -2.05. The number of hydrogen-bond donors (Lipinski definition) is 0. The van der Waals surface area contributed by atoms with Crippen molar-refractivity contribution in [1.29, 1.82) is 0 Å². The first-order valence-electron chi connectivity index (χ1n) is 18.3. The van der Waals surface area contributed by atoms with Crippen LogP contribution in [0.4, 0.5) is 0 Å². The van der Waals surface area contributed by atoms with E-state index in [0.717, 1.165) is 19.3 Å². The van der Waals surface area contributed by atoms with Gasteiger partial charge in [0.25, 0.3) is 0 Å². The molecular formula is C37H74O4. The van der Waals surface area contributed by atoms with E-state index >= 15 is 0 Å². The van der Waals surface area contributed by atoms with E-state index < -0.39 is 0 Å². The number of unbranched alkanes of at least 4 members (excludes halogenated alkanes) is 25. The Morgan fingerprint density at radius 3 is 0.951 bits per heavy atom. The summed E-state index contributed by atoms with van der Waals surface area (Å²) in [6, 6.07) is 0. The Hall–Kier alpha value is -1.06. The Morgan fingerprint density at radius 2 is 0.634 bits per heavy atom. The zero-order valence-corrected chi connectivity index (χ0v) is 28.6. The van der Waals surface area contributed by atoms with Crippen LogP contribution >= 0.6 is 0 Å². The van der Waals surface area contributed by atoms with E-state index in [1.165, 1.54) is 168 Å². The van der Waals surface area contributed by atoms with Crippen LogP contribution in [0.3, 0.4) is 0 Å². The summed E-state index contributed by atoms with van der Waals surface area (Å²) >= 11 is 0. The monoisotopic (exact) mass is 583 g/mol. The highest BCUT2D eigenvalue weighted by molar-refractivity contribution is 5.69. The van der Waals surface area contributed by atoms with Crippen LogP contribution in [0, 0.1) is 0 Å². The molecule has 0 saturated heterocycles. The molecule has 0 aliphatic carbocycles. The standard InChI is InChI=1S/C24H48O2.C13H26O2/c1-3-5-7-9-11-13-15-17-19-21-23-26-24(25)22-20-18-16-14-12-10-8-6-4-2;1-3-4-5-6-7-8-9-10-11-12-13(14)15-2/h3-23H2,1-2H3;3-12H2,1-2H3. The third-order valence-corrected chi connectivity index (χ3v) is 7.96. The average molecular weight is 583 g/mol. The molecule has 0 rings (SSSR count). The van der Waals surface area contributed by atoms with Crippen LogP contribution in [0.1, 0.15) is 213 Å². The largest absolute Gasteiger partial charge is 0.469 e. The Kier molecular flexibility index (Phi) is 40.0. The van der Waals surface area contributed by atoms with E-state index in [1.54, 1.807) is 0 Å². The lowest BCUT2D eigenvalue weighted by atomic mass is 10.1. The van der Waals surface area contributed by atoms with Crippen molar-refractivity contribution in [2.24, 2.45) is 0 Å². The Balaban J connectivity index is 0. The molecule has 0 amide bonds. The zero-order valence-electron chi connectivity index (χ0n) is 28.6. The van der Waals surface area contributed by atoms with Crippen molar-refractivity contribution in [2.45, 2.75) is 213 Å². The predicted molar refractivity (Wildman–Crippen MR) is 179 cm³/mol. The van der Waals surface area contributed by atoms with Gasteiger partial charge >= 0.3 is 11.9 Å². The van der Waals surface area contributed by atoms with Crippen molar-refractivity contribution in [2.75, 3.05) is 13.7 Å². The van der Waals surface area contributed by atoms with Crippen LogP contribution in [-0.4, -0.2) is 25.7 Å². The molecule has 0 heterocycles. The second-order valence-electron chi connectivity index (χ2n) is 12.1. The average Bonchev–Trinajstić information content (AvgIpc) is 2.98. The van der Waals surface area contributed by atoms with Gasteiger partial charge in [-0.05, 0) is 19.3 Å². The summed E-state index contributed by atoms with van der Waals surface area (Å²) in [7, 11) is 1.45. The maximum Gasteiger partial charge on any atom is 0.305 e. The highest BCUT2D eigenvalue weighted by atomic mass is 16.5. The first kappa shape index (κ1) is 42.1. The van der Waals surface area contributed by atoms with Crippen molar-refractivity contribution in [1.82, 2.24) is 0 Å². The van der Waals surface area contributed by atoms with Crippen LogP contribution in [0.5, 0.6) is 0 Å². The smallest absolute Gasteiger partial charge is 0.305 e. The molecule has 0 unspecified atom stereocenters. The number of hydrogen-bond acceptors (Lipinski definition) is 4. The number of carbonyl (C=O) groups is 2. The summed E-state index contributed by atoms with van der Waals surface area (Å²) in [6.07, 6.45) is 37.6. The normalized spacial score (nSPS) is 10.7. The number of ether oxygens (including phenoxy) is 2. The molecule has 0 N–H and O–H groups in total. The molecule has 4 heteroatoms. The van der Waals surface area contributed by atoms with Gasteiger partial charge in [0.05, 0.1) is 13.7 Å². The molecule has 0 aliphatic heterocycles. The fraction of sp³-hybridized carbons (Fsp3) is 0.946. The maximum absolute atomic E-state index is 11.7. The van der Waals surface area contributed by atoms with Gasteiger partial charge in [-0.25, -0.2) is 0 Å². The summed E-state index contributed by atoms with van der Waals surface area (Å²) in [5, 5.41) is 0. The summed E-state index contributed by atoms with van der Waals surface area (Å²) in [5.74, 6) is -0.0539. The summed E-state index contributed by atoms with van der Waals surface area (Å²) in [5.41, 5.74) is 0. The first-order valence-corrected chi connectivity index (χ1v) is 18.3. The second kappa shape index (κ2) is 38.9. The van der Waals surface area contributed by atoms with Gasteiger partial charge in [-0.1, -0.05) is 181 Å². The van der Waals surface area contributed by atoms with E-state index in [9.17, 15) is 9.59 Å². The van der Waals surface area contributed by atoms with Gasteiger partial charge in [-0.15, -0.1) is 0 Å². The maximum atomic E-state index is 11.7. The second-order valence-corrected chi connectivity index (χ2v) is 12.1. The van der Waals surface area contributed by atoms with Crippen molar-refractivity contribution in [3.05, 3.63) is 0 Å². The third-order valence-electron chi connectivity index (χ3n) is 7.96. The molecule has 0 spiro atoms. The molecule has 0 fully saturated rings. The van der Waals surface area contributed by atoms with Crippen LogP contribution < -0.4 is 0 Å². The Morgan fingerprint density at radius 1 is 0.366 bits per heavy atom. The molecule has 0 bridgehead atoms. The Bertz CT molecular complexity index is 505. The number of methoxy groups -OCH3 is 1. The van der Waals surface area contributed by atoms with Crippen LogP contribution in [0.25, 0.3) is 0 Å². The first-order chi connectivity index (χ1) is 20.1. The van der Waals surface area contributed by atoms with Crippen molar-refractivity contribution in [3.63, 3.8) is 0 Å². The van der Waals surface area contributed by atoms with Gasteiger partial charge in [-0.2, -0.15) is 0 Å². The number of esters is 2. The zero-order chi connectivity index (χ0) is 30.5. The molecule has 41 heavy (non-hydrogen) atoms. The summed E-state index contributed by atoms with van der Waals surface area (Å²) in [6.45, 7) is 7.40. The Labute approximate surface area is 257 Å². The predicted octanol–water partition coefficient (Wildman–Crippen LogP) is 12.5. The molecule has 0 atom stereocenters. The SMILES string of the molecule is CCCCCCCCCCCC(=O)OC.CCCCCCCCCCCCOC(=O)CCCCCCCCCCC. The van der Waals surface area contributed by atoms with E-state index in [-0.39, 0.29) is 11.9 Å². The molecule has 0 aromatic heterocycles. The van der Waals surface area contributed by atoms with Crippen molar-refractivity contribution in [3.8, 4) is 0 Å². The molecule has 0 aromatic rings. The quantitative estimate of drug-likeness (QED) is 0.0602. The minimum atomic E-state index is -0.0713. The molecular weight excluding hydrogens is 508 g/mol. The fourth-order valence-corrected chi connectivity index (χ4v) is 5.11. The topological polar surface area (TPSA) is 52.6 Å². The van der Waals surface area contributed by atoms with Gasteiger partial charge < -0.3 is 9.47 Å². The van der Waals surface area contributed by atoms with E-state index in [0.29, 0.717) is 19.4 Å². The van der Waals surface area contributed by atoms with Gasteiger partial charge in [0.1, 0.15) is 0 Å². The third kappa shape index (κ3) is 41.1. The fourth-order valence-electron chi connectivity index (χ4n) is 5.11. The molecule has 4 nitrogen and oxygen atoms in total. The lowest BCUT2D eigenvalue weighted by Gasteiger charge is -2.05. The molecule has 0 aromatic carbocycles. The minimum absolute atomic E-state index is 0.0175.